The second-order valence-corrected chi connectivity index (χ2v) is 24.8. The van der Waals surface area contributed by atoms with Crippen LogP contribution < -0.4 is 35.4 Å². The van der Waals surface area contributed by atoms with Crippen molar-refractivity contribution in [1.29, 1.82) is 0 Å². The van der Waals surface area contributed by atoms with Gasteiger partial charge in [0.25, 0.3) is 0 Å². The minimum Gasteiger partial charge on any atom is -0.496 e. The summed E-state index contributed by atoms with van der Waals surface area (Å²) in [5.41, 5.74) is 7.11. The molecule has 1 aromatic carbocycles. The minimum atomic E-state index is -0.00720. The molecule has 21 heteroatoms. The van der Waals surface area contributed by atoms with Gasteiger partial charge in [0.1, 0.15) is 23.2 Å². The number of para-hydroxylation sites is 1. The highest BCUT2D eigenvalue weighted by molar-refractivity contribution is 5.94. The number of nitrogens with one attached hydrogen (secondary N) is 3. The number of likely N-dealkylation sites (tertiary alicyclic amines) is 1. The van der Waals surface area contributed by atoms with Crippen LogP contribution >= 0.6 is 0 Å². The van der Waals surface area contributed by atoms with E-state index in [0.717, 1.165) is 196 Å². The number of benzene rings is 1. The Morgan fingerprint density at radius 3 is 1.90 bits per heavy atom. The Kier molecular flexibility index (Phi) is 13.6. The Morgan fingerprint density at radius 2 is 1.20 bits per heavy atom. The summed E-state index contributed by atoms with van der Waals surface area (Å²) in [6, 6.07) is 23.5. The lowest BCUT2D eigenvalue weighted by Crippen LogP contribution is -2.47. The van der Waals surface area contributed by atoms with Gasteiger partial charge in [-0.2, -0.15) is 28.5 Å². The maximum Gasteiger partial charge on any atom is 0.249 e. The minimum absolute atomic E-state index is 0.000336. The summed E-state index contributed by atoms with van der Waals surface area (Å²) < 4.78 is 11.6. The van der Waals surface area contributed by atoms with E-state index in [2.05, 4.69) is 100 Å². The van der Waals surface area contributed by atoms with Crippen LogP contribution in [-0.4, -0.2) is 150 Å². The summed E-state index contributed by atoms with van der Waals surface area (Å²) >= 11 is 0. The summed E-state index contributed by atoms with van der Waals surface area (Å²) in [6.45, 7) is 10.0. The van der Waals surface area contributed by atoms with Crippen molar-refractivity contribution in [3.05, 3.63) is 89.1 Å². The highest BCUT2D eigenvalue weighted by Gasteiger charge is 2.42. The SMILES string of the molecule is COc1ccccc1C1CCN(c2cc(C3CC3CN3CCN(c4ccc(/C=C(\C5CCCN(c6cccc7nc(NC(=O)C8CC8)nn67)C5)N5CCCCC5)c5nc(NC(=O)C6CC6)nn45)CC3)cc3nc(NC(=O)C4CC4)nn23)CC1. The number of anilines is 6. The molecule has 0 radical (unpaired) electrons. The summed E-state index contributed by atoms with van der Waals surface area (Å²) in [5, 5.41) is 23.8. The molecule has 83 heavy (non-hydrogen) atoms. The third-order valence-electron chi connectivity index (χ3n) is 18.9. The van der Waals surface area contributed by atoms with Crippen molar-refractivity contribution < 1.29 is 19.1 Å². The van der Waals surface area contributed by atoms with E-state index >= 15 is 0 Å². The Balaban J connectivity index is 0.658. The average molecular weight is 1120 g/mol. The predicted molar refractivity (Wildman–Crippen MR) is 318 cm³/mol. The van der Waals surface area contributed by atoms with Gasteiger partial charge in [0.15, 0.2) is 16.9 Å². The molecule has 432 valence electrons. The van der Waals surface area contributed by atoms with Gasteiger partial charge in [-0.3, -0.25) is 35.2 Å². The molecule has 7 aromatic rings. The number of hydrogen-bond acceptors (Lipinski definition) is 15. The second-order valence-electron chi connectivity index (χ2n) is 24.8. The molecule has 0 spiro atoms. The first-order valence-electron chi connectivity index (χ1n) is 30.9. The molecular weight excluding hydrogens is 1050 g/mol. The van der Waals surface area contributed by atoms with Crippen molar-refractivity contribution in [2.45, 2.75) is 102 Å². The Morgan fingerprint density at radius 1 is 0.566 bits per heavy atom. The first kappa shape index (κ1) is 52.0. The van der Waals surface area contributed by atoms with Gasteiger partial charge in [-0.05, 0) is 167 Å². The van der Waals surface area contributed by atoms with E-state index in [9.17, 15) is 14.4 Å². The zero-order valence-corrected chi connectivity index (χ0v) is 47.5. The van der Waals surface area contributed by atoms with E-state index in [0.29, 0.717) is 41.2 Å². The quantitative estimate of drug-likeness (QED) is 0.0793. The highest BCUT2D eigenvalue weighted by Crippen LogP contribution is 2.49. The monoisotopic (exact) mass is 1120 g/mol. The number of carbonyl (C=O) groups excluding carboxylic acids is 3. The third-order valence-corrected chi connectivity index (χ3v) is 18.9. The van der Waals surface area contributed by atoms with E-state index in [1.165, 1.54) is 23.2 Å². The first-order valence-corrected chi connectivity index (χ1v) is 30.9. The molecule has 15 rings (SSSR count). The van der Waals surface area contributed by atoms with Crippen LogP contribution in [0.25, 0.3) is 23.0 Å². The van der Waals surface area contributed by atoms with E-state index in [4.69, 9.17) is 30.0 Å². The molecule has 3 N–H and O–H groups in total. The molecule has 6 aromatic heterocycles. The zero-order chi connectivity index (χ0) is 55.7. The van der Waals surface area contributed by atoms with Crippen molar-refractivity contribution in [1.82, 2.24) is 53.6 Å². The van der Waals surface area contributed by atoms with Gasteiger partial charge in [0, 0.05) is 107 Å². The number of fused-ring (bicyclic) bond motifs is 3. The third kappa shape index (κ3) is 10.8. The largest absolute Gasteiger partial charge is 0.496 e. The number of hydrogen-bond donors (Lipinski definition) is 3. The van der Waals surface area contributed by atoms with Crippen LogP contribution in [0.4, 0.5) is 35.3 Å². The molecule has 10 heterocycles. The Hall–Kier alpha value is -7.81. The van der Waals surface area contributed by atoms with E-state index < -0.39 is 0 Å². The van der Waals surface area contributed by atoms with Gasteiger partial charge in [-0.1, -0.05) is 24.3 Å². The molecule has 3 atom stereocenters. The van der Waals surface area contributed by atoms with E-state index in [-0.39, 0.29) is 41.4 Å². The molecule has 3 unspecified atom stereocenters. The molecule has 21 nitrogen and oxygen atoms in total. The topological polar surface area (TPSA) is 203 Å². The van der Waals surface area contributed by atoms with Crippen molar-refractivity contribution >= 4 is 76.0 Å². The van der Waals surface area contributed by atoms with Gasteiger partial charge in [0.2, 0.25) is 35.6 Å². The number of ether oxygens (including phenoxy) is 1. The summed E-state index contributed by atoms with van der Waals surface area (Å²) in [6.07, 6.45) is 16.6. The van der Waals surface area contributed by atoms with Crippen LogP contribution in [0.15, 0.2) is 72.4 Å². The number of aromatic nitrogens is 9. The molecule has 4 saturated carbocycles. The number of pyridine rings is 3. The number of carbonyl (C=O) groups is 3. The molecule has 8 aliphatic rings. The fraction of sp³-hybridized carbons (Fsp3) is 0.532. The maximum atomic E-state index is 13.2. The average Bonchev–Trinajstić information content (AvgIpc) is 4.29. The second kappa shape index (κ2) is 21.7. The normalized spacial score (nSPS) is 22.9. The van der Waals surface area contributed by atoms with Gasteiger partial charge in [0.05, 0.1) is 7.11 Å². The van der Waals surface area contributed by atoms with Crippen molar-refractivity contribution in [2.75, 3.05) is 110 Å². The van der Waals surface area contributed by atoms with Gasteiger partial charge in [-0.15, -0.1) is 15.3 Å². The summed E-state index contributed by atoms with van der Waals surface area (Å²) in [7, 11) is 1.76. The number of piperidine rings is 3. The number of nitrogens with zero attached hydrogens (tertiary/aromatic N) is 14. The predicted octanol–water partition coefficient (Wildman–Crippen LogP) is 7.92. The van der Waals surface area contributed by atoms with Gasteiger partial charge >= 0.3 is 0 Å². The lowest BCUT2D eigenvalue weighted by atomic mass is 9.89. The van der Waals surface area contributed by atoms with Crippen LogP contribution in [-0.2, 0) is 14.4 Å². The standard InChI is InChI=1S/C62H75N17O4/c1-83-50-11-4-3-10-47(50)39-22-27-74(28-23-39)55-36-45(35-52-64-61(70-78(52)55)67-58(81)41-16-17-41)48-33-46(48)37-72-29-31-75(32-30-72)54-21-20-43(56-65-62(71-79(54)56)68-59(82)42-18-19-42)34-49(73-24-5-2-6-25-73)44-9-8-26-76(38-44)53-13-7-12-51-63-60(69-77(51)53)66-57(80)40-14-15-40/h3-4,7,10-13,20-21,34-36,39-42,44,46,48H,2,5-6,8-9,14-19,22-33,37-38H2,1H3,(H,66,69,80)(H,67,70,81)(H,68,71,82)/b49-34+. The molecule has 4 saturated heterocycles. The molecule has 0 bridgehead atoms. The highest BCUT2D eigenvalue weighted by atomic mass is 16.5. The van der Waals surface area contributed by atoms with E-state index in [1.54, 1.807) is 7.11 Å². The lowest BCUT2D eigenvalue weighted by molar-refractivity contribution is -0.118. The van der Waals surface area contributed by atoms with Crippen LogP contribution in [0, 0.1) is 29.6 Å². The summed E-state index contributed by atoms with van der Waals surface area (Å²) in [4.78, 5) is 66.1. The molecule has 4 aliphatic carbocycles. The van der Waals surface area contributed by atoms with E-state index in [1.807, 2.05) is 31.7 Å². The number of amides is 3. The molecule has 8 fully saturated rings. The van der Waals surface area contributed by atoms with Crippen molar-refractivity contribution in [2.24, 2.45) is 29.6 Å². The Bertz CT molecular complexity index is 3630. The smallest absolute Gasteiger partial charge is 0.249 e. The fourth-order valence-electron chi connectivity index (χ4n) is 13.7. The molecule has 4 aliphatic heterocycles. The fourth-order valence-corrected chi connectivity index (χ4v) is 13.7. The van der Waals surface area contributed by atoms with Crippen LogP contribution in [0.1, 0.15) is 118 Å². The zero-order valence-electron chi connectivity index (χ0n) is 47.5. The van der Waals surface area contributed by atoms with Gasteiger partial charge < -0.3 is 24.3 Å². The summed E-state index contributed by atoms with van der Waals surface area (Å²) in [5.74, 6) is 6.78. The van der Waals surface area contributed by atoms with Crippen LogP contribution in [0.3, 0.4) is 0 Å². The van der Waals surface area contributed by atoms with Crippen LogP contribution in [0.5, 0.6) is 5.75 Å². The maximum absolute atomic E-state index is 13.2. The van der Waals surface area contributed by atoms with Crippen molar-refractivity contribution in [3.63, 3.8) is 0 Å². The van der Waals surface area contributed by atoms with Gasteiger partial charge in [-0.25, -0.2) is 0 Å². The number of rotatable bonds is 17. The molecular formula is C62H75N17O4. The first-order chi connectivity index (χ1) is 40.7. The Labute approximate surface area is 482 Å². The van der Waals surface area contributed by atoms with Crippen molar-refractivity contribution in [3.8, 4) is 5.75 Å². The number of piperazine rings is 1. The van der Waals surface area contributed by atoms with Crippen LogP contribution in [0.2, 0.25) is 0 Å². The molecule has 3 amide bonds. The number of methoxy groups -OCH3 is 1. The lowest BCUT2D eigenvalue weighted by Gasteiger charge is -2.40.